The maximum Gasteiger partial charge on any atom is 0.321 e. The van der Waals surface area contributed by atoms with Crippen LogP contribution >= 0.6 is 0 Å². The maximum atomic E-state index is 11.9. The Morgan fingerprint density at radius 2 is 2.10 bits per heavy atom. The van der Waals surface area contributed by atoms with E-state index in [1.165, 1.54) is 12.8 Å². The molecule has 122 valence electrons. The Morgan fingerprint density at radius 1 is 1.33 bits per heavy atom. The van der Waals surface area contributed by atoms with Gasteiger partial charge in [0.2, 0.25) is 5.91 Å². The first-order valence-corrected chi connectivity index (χ1v) is 8.08. The van der Waals surface area contributed by atoms with Gasteiger partial charge in [-0.25, -0.2) is 4.79 Å². The van der Waals surface area contributed by atoms with Gasteiger partial charge in [0, 0.05) is 25.2 Å². The van der Waals surface area contributed by atoms with Crippen LogP contribution < -0.4 is 16.0 Å². The Morgan fingerprint density at radius 3 is 2.67 bits per heavy atom. The summed E-state index contributed by atoms with van der Waals surface area (Å²) in [6, 6.07) is 0.322. The summed E-state index contributed by atoms with van der Waals surface area (Å²) in [4.78, 5) is 25.5. The molecule has 1 unspecified atom stereocenters. The summed E-state index contributed by atoms with van der Waals surface area (Å²) in [6.45, 7) is 8.87. The average Bonchev–Trinajstić information content (AvgIpc) is 2.45. The molecule has 0 radical (unpaired) electrons. The lowest BCUT2D eigenvalue weighted by Gasteiger charge is -2.32. The van der Waals surface area contributed by atoms with E-state index < -0.39 is 6.03 Å². The Hall–Kier alpha value is -1.14. The summed E-state index contributed by atoms with van der Waals surface area (Å²) >= 11 is 0. The highest BCUT2D eigenvalue weighted by Crippen LogP contribution is 2.10. The number of imide groups is 1. The molecule has 0 aromatic carbocycles. The van der Waals surface area contributed by atoms with Crippen LogP contribution in [0.25, 0.3) is 0 Å². The van der Waals surface area contributed by atoms with Crippen LogP contribution in [0.3, 0.4) is 0 Å². The molecule has 1 fully saturated rings. The molecular weight excluding hydrogens is 268 g/mol. The summed E-state index contributed by atoms with van der Waals surface area (Å²) in [5.74, 6) is -0.242. The van der Waals surface area contributed by atoms with Crippen molar-refractivity contribution >= 4 is 11.9 Å². The minimum Gasteiger partial charge on any atom is -0.338 e. The molecule has 1 rings (SSSR count). The maximum absolute atomic E-state index is 11.9. The smallest absolute Gasteiger partial charge is 0.321 e. The summed E-state index contributed by atoms with van der Waals surface area (Å²) in [5, 5.41) is 8.53. The number of nitrogens with zero attached hydrogens (tertiary/aromatic N) is 1. The minimum absolute atomic E-state index is 0.242. The van der Waals surface area contributed by atoms with Crippen molar-refractivity contribution in [2.24, 2.45) is 0 Å². The van der Waals surface area contributed by atoms with Gasteiger partial charge in [-0.05, 0) is 39.7 Å². The van der Waals surface area contributed by atoms with Crippen LogP contribution in [0.2, 0.25) is 0 Å². The van der Waals surface area contributed by atoms with E-state index in [1.807, 2.05) is 6.92 Å². The molecule has 0 saturated carbocycles. The second kappa shape index (κ2) is 9.73. The Balaban J connectivity index is 2.38. The largest absolute Gasteiger partial charge is 0.338 e. The van der Waals surface area contributed by atoms with Crippen LogP contribution in [0.5, 0.6) is 0 Å². The molecule has 3 amide bonds. The van der Waals surface area contributed by atoms with E-state index in [0.717, 1.165) is 25.9 Å². The van der Waals surface area contributed by atoms with Gasteiger partial charge in [0.25, 0.3) is 0 Å². The van der Waals surface area contributed by atoms with Crippen molar-refractivity contribution in [1.82, 2.24) is 20.9 Å². The molecule has 6 nitrogen and oxygen atoms in total. The molecule has 0 aromatic rings. The summed E-state index contributed by atoms with van der Waals surface area (Å²) in [5.41, 5.74) is 0. The number of urea groups is 1. The van der Waals surface area contributed by atoms with E-state index >= 15 is 0 Å². The van der Waals surface area contributed by atoms with Gasteiger partial charge in [-0.1, -0.05) is 13.3 Å². The number of rotatable bonds is 7. The van der Waals surface area contributed by atoms with Crippen molar-refractivity contribution in [3.8, 4) is 0 Å². The number of nitrogens with one attached hydrogen (secondary N) is 3. The van der Waals surface area contributed by atoms with Crippen LogP contribution in [0.1, 0.15) is 46.5 Å². The van der Waals surface area contributed by atoms with Gasteiger partial charge >= 0.3 is 6.03 Å². The Labute approximate surface area is 128 Å². The fourth-order valence-electron chi connectivity index (χ4n) is 2.45. The second-order valence-corrected chi connectivity index (χ2v) is 5.97. The Kier molecular flexibility index (Phi) is 8.30. The van der Waals surface area contributed by atoms with Crippen LogP contribution in [0, 0.1) is 0 Å². The van der Waals surface area contributed by atoms with E-state index in [1.54, 1.807) is 0 Å². The van der Waals surface area contributed by atoms with Gasteiger partial charge in [-0.15, -0.1) is 0 Å². The van der Waals surface area contributed by atoms with Crippen molar-refractivity contribution in [3.05, 3.63) is 0 Å². The quantitative estimate of drug-likeness (QED) is 0.657. The molecule has 1 heterocycles. The van der Waals surface area contributed by atoms with E-state index in [-0.39, 0.29) is 18.5 Å². The van der Waals surface area contributed by atoms with Crippen molar-refractivity contribution in [1.29, 1.82) is 0 Å². The third kappa shape index (κ3) is 7.43. The lowest BCUT2D eigenvalue weighted by molar-refractivity contribution is -0.121. The van der Waals surface area contributed by atoms with E-state index in [9.17, 15) is 9.59 Å². The van der Waals surface area contributed by atoms with E-state index in [2.05, 4.69) is 34.7 Å². The summed E-state index contributed by atoms with van der Waals surface area (Å²) in [7, 11) is 0. The van der Waals surface area contributed by atoms with Gasteiger partial charge in [0.15, 0.2) is 0 Å². The monoisotopic (exact) mass is 298 g/mol. The third-order valence-corrected chi connectivity index (χ3v) is 3.73. The Bertz CT molecular complexity index is 328. The number of piperidine rings is 1. The number of hydrogen-bond acceptors (Lipinski definition) is 4. The fraction of sp³-hybridized carbons (Fsp3) is 0.867. The number of amides is 3. The summed E-state index contributed by atoms with van der Waals surface area (Å²) in [6.07, 6.45) is 4.49. The second-order valence-electron chi connectivity index (χ2n) is 5.97. The van der Waals surface area contributed by atoms with Crippen LogP contribution in [-0.4, -0.2) is 55.1 Å². The normalized spacial score (nSPS) is 18.8. The highest BCUT2D eigenvalue weighted by Gasteiger charge is 2.21. The fourth-order valence-corrected chi connectivity index (χ4v) is 2.45. The molecule has 0 aromatic heterocycles. The molecule has 1 atom stereocenters. The molecule has 0 bridgehead atoms. The summed E-state index contributed by atoms with van der Waals surface area (Å²) < 4.78 is 0. The first-order chi connectivity index (χ1) is 10.0. The predicted molar refractivity (Wildman–Crippen MR) is 84.2 cm³/mol. The number of hydrogen-bond donors (Lipinski definition) is 3. The predicted octanol–water partition coefficient (Wildman–Crippen LogP) is 1.07. The molecular formula is C15H30N4O2. The van der Waals surface area contributed by atoms with E-state index in [0.29, 0.717) is 12.6 Å². The molecule has 6 heteroatoms. The van der Waals surface area contributed by atoms with Crippen LogP contribution in [-0.2, 0) is 4.79 Å². The molecule has 21 heavy (non-hydrogen) atoms. The van der Waals surface area contributed by atoms with Gasteiger partial charge in [0.1, 0.15) is 0 Å². The average molecular weight is 298 g/mol. The lowest BCUT2D eigenvalue weighted by Crippen LogP contribution is -2.50. The SMILES string of the molecule is CCCNC(=O)NC(=O)CN(CC1CCCCN1)C(C)C. The van der Waals surface area contributed by atoms with Gasteiger partial charge in [-0.2, -0.15) is 0 Å². The van der Waals surface area contributed by atoms with E-state index in [4.69, 9.17) is 0 Å². The third-order valence-electron chi connectivity index (χ3n) is 3.73. The minimum atomic E-state index is -0.402. The van der Waals surface area contributed by atoms with Crippen molar-refractivity contribution < 1.29 is 9.59 Å². The van der Waals surface area contributed by atoms with Gasteiger partial charge < -0.3 is 10.6 Å². The molecule has 1 aliphatic rings. The van der Waals surface area contributed by atoms with Crippen LogP contribution in [0.15, 0.2) is 0 Å². The lowest BCUT2D eigenvalue weighted by atomic mass is 10.0. The first kappa shape index (κ1) is 17.9. The van der Waals surface area contributed by atoms with Gasteiger partial charge in [-0.3, -0.25) is 15.0 Å². The van der Waals surface area contributed by atoms with Crippen molar-refractivity contribution in [2.75, 3.05) is 26.2 Å². The highest BCUT2D eigenvalue weighted by molar-refractivity contribution is 5.95. The molecule has 0 aliphatic carbocycles. The number of carbonyl (C=O) groups is 2. The standard InChI is InChI=1S/C15H30N4O2/c1-4-8-17-15(21)18-14(20)11-19(12(2)3)10-13-7-5-6-9-16-13/h12-13,16H,4-11H2,1-3H3,(H2,17,18,20,21). The molecule has 3 N–H and O–H groups in total. The topological polar surface area (TPSA) is 73.5 Å². The molecule has 1 saturated heterocycles. The highest BCUT2D eigenvalue weighted by atomic mass is 16.2. The van der Waals surface area contributed by atoms with Gasteiger partial charge in [0.05, 0.1) is 6.54 Å². The van der Waals surface area contributed by atoms with Crippen molar-refractivity contribution in [3.63, 3.8) is 0 Å². The van der Waals surface area contributed by atoms with Crippen molar-refractivity contribution in [2.45, 2.75) is 58.5 Å². The zero-order chi connectivity index (χ0) is 15.7. The zero-order valence-electron chi connectivity index (χ0n) is 13.6. The number of carbonyl (C=O) groups excluding carboxylic acids is 2. The zero-order valence-corrected chi connectivity index (χ0v) is 13.6. The van der Waals surface area contributed by atoms with Crippen LogP contribution in [0.4, 0.5) is 4.79 Å². The molecule has 1 aliphatic heterocycles. The first-order valence-electron chi connectivity index (χ1n) is 8.08. The molecule has 0 spiro atoms.